The first-order valence-electron chi connectivity index (χ1n) is 10.8. The van der Waals surface area contributed by atoms with Gasteiger partial charge < -0.3 is 14.8 Å². The Bertz CT molecular complexity index is 995. The maximum absolute atomic E-state index is 12.1. The molecule has 1 aromatic heterocycles. The van der Waals surface area contributed by atoms with Crippen molar-refractivity contribution in [3.8, 4) is 5.75 Å². The van der Waals surface area contributed by atoms with E-state index in [0.717, 1.165) is 34.6 Å². The predicted octanol–water partition coefficient (Wildman–Crippen LogP) is 6.11. The maximum Gasteiger partial charge on any atom is 0.338 e. The molecule has 3 aromatic rings. The van der Waals surface area contributed by atoms with Crippen molar-refractivity contribution in [2.45, 2.75) is 39.0 Å². The van der Waals surface area contributed by atoms with E-state index in [1.165, 1.54) is 32.1 Å². The Kier molecular flexibility index (Phi) is 6.47. The van der Waals surface area contributed by atoms with Crippen LogP contribution >= 0.6 is 0 Å². The van der Waals surface area contributed by atoms with Crippen LogP contribution in [0.4, 0.5) is 11.4 Å². The third kappa shape index (κ3) is 4.90. The summed E-state index contributed by atoms with van der Waals surface area (Å²) in [5.41, 5.74) is 3.18. The van der Waals surface area contributed by atoms with Crippen molar-refractivity contribution < 1.29 is 14.3 Å². The third-order valence-corrected chi connectivity index (χ3v) is 5.60. The highest BCUT2D eigenvalue weighted by atomic mass is 16.5. The molecule has 1 heterocycles. The minimum absolute atomic E-state index is 0.325. The number of esters is 1. The fourth-order valence-corrected chi connectivity index (χ4v) is 3.95. The lowest BCUT2D eigenvalue weighted by atomic mass is 9.90. The Hall–Kier alpha value is -3.08. The highest BCUT2D eigenvalue weighted by molar-refractivity contribution is 5.99. The van der Waals surface area contributed by atoms with Gasteiger partial charge >= 0.3 is 5.97 Å². The van der Waals surface area contributed by atoms with E-state index in [1.54, 1.807) is 19.2 Å². The van der Waals surface area contributed by atoms with E-state index in [1.807, 2.05) is 42.5 Å². The van der Waals surface area contributed by atoms with Gasteiger partial charge in [0.1, 0.15) is 5.75 Å². The van der Waals surface area contributed by atoms with E-state index in [9.17, 15) is 4.79 Å². The van der Waals surface area contributed by atoms with Gasteiger partial charge in [-0.15, -0.1) is 0 Å². The standard InChI is InChI=1S/C25H28N2O3/c1-2-29-25(28)19-8-13-23-22(16-19)24(14-15-26-23)27-20-9-11-21(12-10-20)30-17-18-6-4-3-5-7-18/h8-16,18H,2-7,17H2,1H3,(H,26,27). The SMILES string of the molecule is CCOC(=O)c1ccc2nccc(Nc3ccc(OCC4CCCCC4)cc3)c2c1. The van der Waals surface area contributed by atoms with Crippen LogP contribution in [0.15, 0.2) is 54.7 Å². The second-order valence-electron chi connectivity index (χ2n) is 7.78. The van der Waals surface area contributed by atoms with E-state index in [0.29, 0.717) is 18.1 Å². The number of ether oxygens (including phenoxy) is 2. The minimum atomic E-state index is -0.325. The van der Waals surface area contributed by atoms with E-state index in [-0.39, 0.29) is 5.97 Å². The topological polar surface area (TPSA) is 60.5 Å². The Labute approximate surface area is 177 Å². The van der Waals surface area contributed by atoms with Gasteiger partial charge in [0.15, 0.2) is 0 Å². The molecule has 2 aromatic carbocycles. The molecular weight excluding hydrogens is 376 g/mol. The molecule has 1 aliphatic rings. The second kappa shape index (κ2) is 9.61. The molecule has 0 saturated heterocycles. The van der Waals surface area contributed by atoms with Crippen molar-refractivity contribution in [2.75, 3.05) is 18.5 Å². The summed E-state index contributed by atoms with van der Waals surface area (Å²) in [6, 6.07) is 15.3. The van der Waals surface area contributed by atoms with Gasteiger partial charge in [0.2, 0.25) is 0 Å². The molecule has 4 rings (SSSR count). The molecule has 5 nitrogen and oxygen atoms in total. The number of hydrogen-bond acceptors (Lipinski definition) is 5. The molecule has 0 bridgehead atoms. The number of aromatic nitrogens is 1. The van der Waals surface area contributed by atoms with Gasteiger partial charge in [0.05, 0.1) is 24.3 Å². The van der Waals surface area contributed by atoms with E-state index in [4.69, 9.17) is 9.47 Å². The zero-order valence-corrected chi connectivity index (χ0v) is 17.4. The van der Waals surface area contributed by atoms with Gasteiger partial charge in [0, 0.05) is 23.0 Å². The average Bonchev–Trinajstić information content (AvgIpc) is 2.79. The fraction of sp³-hybridized carbons (Fsp3) is 0.360. The maximum atomic E-state index is 12.1. The predicted molar refractivity (Wildman–Crippen MR) is 119 cm³/mol. The summed E-state index contributed by atoms with van der Waals surface area (Å²) in [5.74, 6) is 1.26. The largest absolute Gasteiger partial charge is 0.493 e. The quantitative estimate of drug-likeness (QED) is 0.481. The highest BCUT2D eigenvalue weighted by Gasteiger charge is 2.14. The van der Waals surface area contributed by atoms with Crippen LogP contribution in [-0.4, -0.2) is 24.2 Å². The molecule has 0 spiro atoms. The fourth-order valence-electron chi connectivity index (χ4n) is 3.95. The summed E-state index contributed by atoms with van der Waals surface area (Å²) in [5, 5.41) is 4.31. The lowest BCUT2D eigenvalue weighted by molar-refractivity contribution is 0.0526. The molecule has 156 valence electrons. The number of anilines is 2. The first-order valence-corrected chi connectivity index (χ1v) is 10.8. The van der Waals surface area contributed by atoms with Crippen LogP contribution in [0, 0.1) is 5.92 Å². The normalized spacial score (nSPS) is 14.4. The number of rotatable bonds is 7. The van der Waals surface area contributed by atoms with Gasteiger partial charge in [-0.2, -0.15) is 0 Å². The molecule has 1 N–H and O–H groups in total. The molecular formula is C25H28N2O3. The molecule has 30 heavy (non-hydrogen) atoms. The molecule has 1 fully saturated rings. The van der Waals surface area contributed by atoms with E-state index in [2.05, 4.69) is 10.3 Å². The van der Waals surface area contributed by atoms with Gasteiger partial charge in [-0.25, -0.2) is 4.79 Å². The third-order valence-electron chi connectivity index (χ3n) is 5.60. The Morgan fingerprint density at radius 1 is 1.07 bits per heavy atom. The Balaban J connectivity index is 1.46. The number of carbonyl (C=O) groups excluding carboxylic acids is 1. The van der Waals surface area contributed by atoms with Gasteiger partial charge in [-0.3, -0.25) is 4.98 Å². The number of fused-ring (bicyclic) bond motifs is 1. The molecule has 0 unspecified atom stereocenters. The van der Waals surface area contributed by atoms with Crippen molar-refractivity contribution >= 4 is 28.2 Å². The van der Waals surface area contributed by atoms with Crippen LogP contribution in [0.5, 0.6) is 5.75 Å². The molecule has 0 radical (unpaired) electrons. The Morgan fingerprint density at radius 2 is 1.87 bits per heavy atom. The van der Waals surface area contributed by atoms with Crippen molar-refractivity contribution in [2.24, 2.45) is 5.92 Å². The van der Waals surface area contributed by atoms with Gasteiger partial charge in [0.25, 0.3) is 0 Å². The highest BCUT2D eigenvalue weighted by Crippen LogP contribution is 2.28. The number of pyridine rings is 1. The molecule has 0 amide bonds. The second-order valence-corrected chi connectivity index (χ2v) is 7.78. The molecule has 1 aliphatic carbocycles. The molecule has 5 heteroatoms. The molecule has 0 atom stereocenters. The van der Waals surface area contributed by atoms with E-state index >= 15 is 0 Å². The summed E-state index contributed by atoms with van der Waals surface area (Å²) in [4.78, 5) is 16.5. The Morgan fingerprint density at radius 3 is 2.63 bits per heavy atom. The first kappa shape index (κ1) is 20.2. The zero-order valence-electron chi connectivity index (χ0n) is 17.4. The number of nitrogens with one attached hydrogen (secondary N) is 1. The average molecular weight is 405 g/mol. The van der Waals surface area contributed by atoms with Crippen LogP contribution in [0.1, 0.15) is 49.4 Å². The lowest BCUT2D eigenvalue weighted by Gasteiger charge is -2.21. The summed E-state index contributed by atoms with van der Waals surface area (Å²) in [7, 11) is 0. The van der Waals surface area contributed by atoms with E-state index < -0.39 is 0 Å². The first-order chi connectivity index (χ1) is 14.7. The van der Waals surface area contributed by atoms with Crippen molar-refractivity contribution in [1.29, 1.82) is 0 Å². The smallest absolute Gasteiger partial charge is 0.338 e. The zero-order chi connectivity index (χ0) is 20.8. The van der Waals surface area contributed by atoms with Gasteiger partial charge in [-0.1, -0.05) is 19.3 Å². The van der Waals surface area contributed by atoms with Crippen LogP contribution in [0.2, 0.25) is 0 Å². The minimum Gasteiger partial charge on any atom is -0.493 e. The van der Waals surface area contributed by atoms with Crippen molar-refractivity contribution in [3.05, 3.63) is 60.3 Å². The van der Waals surface area contributed by atoms with Crippen LogP contribution in [0.3, 0.4) is 0 Å². The summed E-state index contributed by atoms with van der Waals surface area (Å²) < 4.78 is 11.1. The van der Waals surface area contributed by atoms with Crippen molar-refractivity contribution in [1.82, 2.24) is 4.98 Å². The number of nitrogens with zero attached hydrogens (tertiary/aromatic N) is 1. The number of hydrogen-bond donors (Lipinski definition) is 1. The van der Waals surface area contributed by atoms with Gasteiger partial charge in [-0.05, 0) is 74.2 Å². The van der Waals surface area contributed by atoms with Crippen LogP contribution < -0.4 is 10.1 Å². The number of carbonyl (C=O) groups is 1. The summed E-state index contributed by atoms with van der Waals surface area (Å²) in [6.07, 6.45) is 8.34. The van der Waals surface area contributed by atoms with Crippen LogP contribution in [0.25, 0.3) is 10.9 Å². The summed E-state index contributed by atoms with van der Waals surface area (Å²) in [6.45, 7) is 2.96. The van der Waals surface area contributed by atoms with Crippen LogP contribution in [-0.2, 0) is 4.74 Å². The van der Waals surface area contributed by atoms with Crippen molar-refractivity contribution in [3.63, 3.8) is 0 Å². The summed E-state index contributed by atoms with van der Waals surface area (Å²) >= 11 is 0. The molecule has 1 saturated carbocycles. The lowest BCUT2D eigenvalue weighted by Crippen LogP contribution is -2.15. The molecule has 0 aliphatic heterocycles. The number of benzene rings is 2. The monoisotopic (exact) mass is 404 g/mol.